The van der Waals surface area contributed by atoms with Crippen LogP contribution in [0, 0.1) is 5.82 Å². The summed E-state index contributed by atoms with van der Waals surface area (Å²) in [6, 6.07) is 4.78. The molecule has 5 nitrogen and oxygen atoms in total. The van der Waals surface area contributed by atoms with Gasteiger partial charge in [-0.25, -0.2) is 9.18 Å². The summed E-state index contributed by atoms with van der Waals surface area (Å²) in [5, 5.41) is 4.29. The first-order chi connectivity index (χ1) is 11.6. The fourth-order valence-electron chi connectivity index (χ4n) is 2.04. The second-order valence-corrected chi connectivity index (χ2v) is 5.13. The van der Waals surface area contributed by atoms with Crippen LogP contribution in [-0.4, -0.2) is 11.8 Å². The van der Waals surface area contributed by atoms with Gasteiger partial charge >= 0.3 is 12.2 Å². The van der Waals surface area contributed by atoms with Crippen LogP contribution in [0.25, 0.3) is 0 Å². The maximum atomic E-state index is 13.6. The Balaban J connectivity index is 2.15. The number of halogens is 4. The molecule has 0 bridgehead atoms. The predicted octanol–water partition coefficient (Wildman–Crippen LogP) is 4.27. The molecule has 2 amide bonds. The molecule has 0 aliphatic heterocycles. The van der Waals surface area contributed by atoms with E-state index in [4.69, 9.17) is 5.73 Å². The Kier molecular flexibility index (Phi) is 4.96. The largest absolute Gasteiger partial charge is 0.416 e. The van der Waals surface area contributed by atoms with E-state index in [9.17, 15) is 27.2 Å². The molecule has 0 fully saturated rings. The standard InChI is InChI=1S/C16H13F4N3O2/c1-8(24)11-4-3-10(7-13(11)21)22-15(25)23-14-6-9(16(18,19)20)2-5-12(14)17/h2-7H,21H2,1H3,(H2,22,23,25). The van der Waals surface area contributed by atoms with Crippen molar-refractivity contribution >= 4 is 28.9 Å². The molecule has 0 unspecified atom stereocenters. The third kappa shape index (κ3) is 4.46. The van der Waals surface area contributed by atoms with Crippen LogP contribution >= 0.6 is 0 Å². The number of rotatable bonds is 3. The highest BCUT2D eigenvalue weighted by Crippen LogP contribution is 2.31. The van der Waals surface area contributed by atoms with Gasteiger partial charge in [-0.3, -0.25) is 4.79 Å². The number of carbonyl (C=O) groups is 2. The van der Waals surface area contributed by atoms with Crippen molar-refractivity contribution in [3.05, 3.63) is 53.3 Å². The van der Waals surface area contributed by atoms with Crippen LogP contribution in [0.2, 0.25) is 0 Å². The maximum Gasteiger partial charge on any atom is 0.416 e. The van der Waals surface area contributed by atoms with Gasteiger partial charge in [-0.15, -0.1) is 0 Å². The quantitative estimate of drug-likeness (QED) is 0.437. The molecule has 25 heavy (non-hydrogen) atoms. The van der Waals surface area contributed by atoms with E-state index in [0.717, 1.165) is 0 Å². The molecule has 0 heterocycles. The maximum absolute atomic E-state index is 13.6. The lowest BCUT2D eigenvalue weighted by atomic mass is 10.1. The minimum absolute atomic E-state index is 0.121. The summed E-state index contributed by atoms with van der Waals surface area (Å²) < 4.78 is 51.5. The van der Waals surface area contributed by atoms with Gasteiger partial charge in [0.15, 0.2) is 5.78 Å². The van der Waals surface area contributed by atoms with E-state index in [2.05, 4.69) is 5.32 Å². The zero-order valence-corrected chi connectivity index (χ0v) is 12.9. The number of carbonyl (C=O) groups excluding carboxylic acids is 2. The highest BCUT2D eigenvalue weighted by Gasteiger charge is 2.31. The van der Waals surface area contributed by atoms with Crippen LogP contribution in [0.3, 0.4) is 0 Å². The molecule has 9 heteroatoms. The molecule has 2 aromatic carbocycles. The second-order valence-electron chi connectivity index (χ2n) is 5.13. The molecule has 0 radical (unpaired) electrons. The Hall–Kier alpha value is -3.10. The lowest BCUT2D eigenvalue weighted by Crippen LogP contribution is -2.21. The first kappa shape index (κ1) is 18.2. The molecule has 0 saturated carbocycles. The Bertz CT molecular complexity index is 835. The summed E-state index contributed by atoms with van der Waals surface area (Å²) in [7, 11) is 0. The van der Waals surface area contributed by atoms with Gasteiger partial charge in [0, 0.05) is 16.9 Å². The second kappa shape index (κ2) is 6.80. The topological polar surface area (TPSA) is 84.2 Å². The summed E-state index contributed by atoms with van der Waals surface area (Å²) in [5.74, 6) is -1.28. The molecule has 0 spiro atoms. The average Bonchev–Trinajstić information content (AvgIpc) is 2.48. The number of nitrogens with one attached hydrogen (secondary N) is 2. The van der Waals surface area contributed by atoms with Gasteiger partial charge in [-0.1, -0.05) is 0 Å². The number of hydrogen-bond acceptors (Lipinski definition) is 3. The molecule has 132 valence electrons. The summed E-state index contributed by atoms with van der Waals surface area (Å²) in [6.45, 7) is 1.32. The molecule has 0 aliphatic rings. The van der Waals surface area contributed by atoms with Gasteiger partial charge in [-0.05, 0) is 43.3 Å². The number of nitrogens with two attached hydrogens (primary N) is 1. The SMILES string of the molecule is CC(=O)c1ccc(NC(=O)Nc2cc(C(F)(F)F)ccc2F)cc1N. The minimum Gasteiger partial charge on any atom is -0.398 e. The first-order valence-electron chi connectivity index (χ1n) is 6.93. The summed E-state index contributed by atoms with van der Waals surface area (Å²) >= 11 is 0. The molecule has 2 aromatic rings. The molecular weight excluding hydrogens is 342 g/mol. The molecular formula is C16H13F4N3O2. The third-order valence-electron chi connectivity index (χ3n) is 3.23. The number of Topliss-reactive ketones (excluding diaryl/α,β-unsaturated/α-hetero) is 1. The van der Waals surface area contributed by atoms with Gasteiger partial charge < -0.3 is 16.4 Å². The summed E-state index contributed by atoms with van der Waals surface area (Å²) in [5.41, 5.74) is 4.51. The molecule has 0 atom stereocenters. The highest BCUT2D eigenvalue weighted by atomic mass is 19.4. The number of benzene rings is 2. The van der Waals surface area contributed by atoms with Crippen molar-refractivity contribution in [3.8, 4) is 0 Å². The van der Waals surface area contributed by atoms with Gasteiger partial charge in [0.1, 0.15) is 5.82 Å². The normalized spacial score (nSPS) is 11.1. The molecule has 0 saturated heterocycles. The lowest BCUT2D eigenvalue weighted by Gasteiger charge is -2.12. The Labute approximate surface area is 139 Å². The highest BCUT2D eigenvalue weighted by molar-refractivity contribution is 6.02. The summed E-state index contributed by atoms with van der Waals surface area (Å²) in [4.78, 5) is 23.1. The zero-order chi connectivity index (χ0) is 18.8. The van der Waals surface area contributed by atoms with Crippen LogP contribution in [-0.2, 0) is 6.18 Å². The van der Waals surface area contributed by atoms with Crippen molar-refractivity contribution in [2.75, 3.05) is 16.4 Å². The van der Waals surface area contributed by atoms with Crippen LogP contribution in [0.4, 0.5) is 39.4 Å². The summed E-state index contributed by atoms with van der Waals surface area (Å²) in [6.07, 6.45) is -4.67. The van der Waals surface area contributed by atoms with Crippen molar-refractivity contribution in [1.29, 1.82) is 0 Å². The zero-order valence-electron chi connectivity index (χ0n) is 12.9. The van der Waals surface area contributed by atoms with E-state index in [-0.39, 0.29) is 22.7 Å². The first-order valence-corrected chi connectivity index (χ1v) is 6.93. The van der Waals surface area contributed by atoms with E-state index >= 15 is 0 Å². The van der Waals surface area contributed by atoms with Crippen molar-refractivity contribution in [2.24, 2.45) is 0 Å². The van der Waals surface area contributed by atoms with Crippen LogP contribution in [0.5, 0.6) is 0 Å². The van der Waals surface area contributed by atoms with Gasteiger partial charge in [0.25, 0.3) is 0 Å². The van der Waals surface area contributed by atoms with Gasteiger partial charge in [0.05, 0.1) is 11.3 Å². The minimum atomic E-state index is -4.67. The number of ketones is 1. The predicted molar refractivity (Wildman–Crippen MR) is 84.9 cm³/mol. The van der Waals surface area contributed by atoms with Crippen molar-refractivity contribution in [3.63, 3.8) is 0 Å². The van der Waals surface area contributed by atoms with E-state index in [1.807, 2.05) is 5.32 Å². The number of urea groups is 1. The monoisotopic (exact) mass is 355 g/mol. The fourth-order valence-corrected chi connectivity index (χ4v) is 2.04. The molecule has 0 aromatic heterocycles. The van der Waals surface area contributed by atoms with Crippen molar-refractivity contribution < 1.29 is 27.2 Å². The number of alkyl halides is 3. The molecule has 2 rings (SSSR count). The number of amides is 2. The Morgan fingerprint density at radius 3 is 2.28 bits per heavy atom. The third-order valence-corrected chi connectivity index (χ3v) is 3.23. The van der Waals surface area contributed by atoms with E-state index < -0.39 is 29.3 Å². The van der Waals surface area contributed by atoms with E-state index in [1.165, 1.54) is 25.1 Å². The molecule has 0 aliphatic carbocycles. The van der Waals surface area contributed by atoms with Gasteiger partial charge in [0.2, 0.25) is 0 Å². The van der Waals surface area contributed by atoms with E-state index in [1.54, 1.807) is 0 Å². The number of nitrogen functional groups attached to an aromatic ring is 1. The number of anilines is 3. The smallest absolute Gasteiger partial charge is 0.398 e. The average molecular weight is 355 g/mol. The Morgan fingerprint density at radius 1 is 1.04 bits per heavy atom. The lowest BCUT2D eigenvalue weighted by molar-refractivity contribution is -0.137. The fraction of sp³-hybridized carbons (Fsp3) is 0.125. The van der Waals surface area contributed by atoms with Crippen LogP contribution in [0.15, 0.2) is 36.4 Å². The van der Waals surface area contributed by atoms with E-state index in [0.29, 0.717) is 18.2 Å². The van der Waals surface area contributed by atoms with Crippen LogP contribution < -0.4 is 16.4 Å². The van der Waals surface area contributed by atoms with Crippen molar-refractivity contribution in [1.82, 2.24) is 0 Å². The van der Waals surface area contributed by atoms with Gasteiger partial charge in [-0.2, -0.15) is 13.2 Å². The van der Waals surface area contributed by atoms with Crippen LogP contribution in [0.1, 0.15) is 22.8 Å². The van der Waals surface area contributed by atoms with Crippen molar-refractivity contribution in [2.45, 2.75) is 13.1 Å². The Morgan fingerprint density at radius 2 is 1.72 bits per heavy atom. The molecule has 4 N–H and O–H groups in total. The number of hydrogen-bond donors (Lipinski definition) is 3.